The predicted molar refractivity (Wildman–Crippen MR) is 90.9 cm³/mol. The third-order valence-corrected chi connectivity index (χ3v) is 4.37. The molecule has 0 N–H and O–H groups in total. The summed E-state index contributed by atoms with van der Waals surface area (Å²) >= 11 is 0. The van der Waals surface area contributed by atoms with Crippen molar-refractivity contribution in [2.24, 2.45) is 4.99 Å². The number of ether oxygens (including phenoxy) is 4. The zero-order chi connectivity index (χ0) is 16.7. The minimum atomic E-state index is 0.145. The molecule has 0 aliphatic carbocycles. The number of hydrogen-bond donors (Lipinski definition) is 0. The van der Waals surface area contributed by atoms with Crippen molar-refractivity contribution < 1.29 is 18.9 Å². The molecule has 0 saturated carbocycles. The molecule has 0 bridgehead atoms. The van der Waals surface area contributed by atoms with Crippen molar-refractivity contribution in [3.63, 3.8) is 0 Å². The van der Waals surface area contributed by atoms with E-state index in [0.29, 0.717) is 23.0 Å². The normalized spacial score (nSPS) is 18.0. The first-order valence-corrected chi connectivity index (χ1v) is 7.94. The molecule has 0 saturated heterocycles. The van der Waals surface area contributed by atoms with Gasteiger partial charge in [0.25, 0.3) is 0 Å². The summed E-state index contributed by atoms with van der Waals surface area (Å²) in [6, 6.07) is 10.3. The van der Waals surface area contributed by atoms with E-state index < -0.39 is 0 Å². The molecule has 124 valence electrons. The van der Waals surface area contributed by atoms with E-state index in [1.54, 1.807) is 14.2 Å². The molecule has 0 spiro atoms. The van der Waals surface area contributed by atoms with Gasteiger partial charge in [0.15, 0.2) is 11.5 Å². The van der Waals surface area contributed by atoms with Crippen molar-refractivity contribution in [1.29, 1.82) is 0 Å². The number of aliphatic imine (C=N–C) groups is 1. The maximum absolute atomic E-state index is 5.70. The molecule has 0 fully saturated rings. The zero-order valence-corrected chi connectivity index (χ0v) is 14.0. The fraction of sp³-hybridized carbons (Fsp3) is 0.316. The van der Waals surface area contributed by atoms with Crippen LogP contribution in [0.1, 0.15) is 23.6 Å². The van der Waals surface area contributed by atoms with Gasteiger partial charge in [0, 0.05) is 11.1 Å². The molecule has 2 aromatic carbocycles. The molecule has 2 aromatic rings. The summed E-state index contributed by atoms with van der Waals surface area (Å²) < 4.78 is 22.7. The standard InChI is InChI=1S/C19H19NO4/c1-11-9-13-14(15(20-11)12-7-5-4-6-8-12)17(22-3)19-18(16(13)21-2)23-10-24-19/h4-8,11H,9-10H2,1-3H3. The molecular formula is C19H19NO4. The van der Waals surface area contributed by atoms with Crippen molar-refractivity contribution in [2.75, 3.05) is 21.0 Å². The van der Waals surface area contributed by atoms with Crippen LogP contribution in [0.25, 0.3) is 0 Å². The third kappa shape index (κ3) is 2.12. The fourth-order valence-corrected chi connectivity index (χ4v) is 3.41. The molecule has 1 atom stereocenters. The van der Waals surface area contributed by atoms with E-state index in [0.717, 1.165) is 28.8 Å². The quantitative estimate of drug-likeness (QED) is 0.869. The van der Waals surface area contributed by atoms with E-state index in [1.807, 2.05) is 18.2 Å². The Kier molecular flexibility index (Phi) is 3.56. The smallest absolute Gasteiger partial charge is 0.231 e. The first kappa shape index (κ1) is 14.9. The van der Waals surface area contributed by atoms with E-state index in [-0.39, 0.29) is 12.8 Å². The van der Waals surface area contributed by atoms with E-state index in [9.17, 15) is 0 Å². The predicted octanol–water partition coefficient (Wildman–Crippen LogP) is 3.21. The minimum absolute atomic E-state index is 0.145. The molecule has 0 radical (unpaired) electrons. The van der Waals surface area contributed by atoms with Crippen LogP contribution in [0.3, 0.4) is 0 Å². The molecule has 1 unspecified atom stereocenters. The number of benzene rings is 2. The number of hydrogen-bond acceptors (Lipinski definition) is 5. The van der Waals surface area contributed by atoms with E-state index in [4.69, 9.17) is 23.9 Å². The van der Waals surface area contributed by atoms with Crippen molar-refractivity contribution in [3.05, 3.63) is 47.0 Å². The number of methoxy groups -OCH3 is 2. The second-order valence-corrected chi connectivity index (χ2v) is 5.88. The summed E-state index contributed by atoms with van der Waals surface area (Å²) in [5, 5.41) is 0. The molecule has 4 rings (SSSR count). The molecule has 24 heavy (non-hydrogen) atoms. The van der Waals surface area contributed by atoms with Gasteiger partial charge in [-0.1, -0.05) is 30.3 Å². The van der Waals surface area contributed by atoms with E-state index in [2.05, 4.69) is 19.1 Å². The van der Waals surface area contributed by atoms with Gasteiger partial charge in [-0.2, -0.15) is 0 Å². The maximum Gasteiger partial charge on any atom is 0.231 e. The highest BCUT2D eigenvalue weighted by Crippen LogP contribution is 2.53. The minimum Gasteiger partial charge on any atom is -0.492 e. The monoisotopic (exact) mass is 325 g/mol. The van der Waals surface area contributed by atoms with Crippen molar-refractivity contribution in [2.45, 2.75) is 19.4 Å². The van der Waals surface area contributed by atoms with Gasteiger partial charge in [0.05, 0.1) is 31.5 Å². The van der Waals surface area contributed by atoms with Gasteiger partial charge in [-0.15, -0.1) is 0 Å². The van der Waals surface area contributed by atoms with Crippen LogP contribution in [0.15, 0.2) is 35.3 Å². The van der Waals surface area contributed by atoms with E-state index >= 15 is 0 Å². The van der Waals surface area contributed by atoms with Crippen molar-refractivity contribution in [1.82, 2.24) is 0 Å². The highest BCUT2D eigenvalue weighted by atomic mass is 16.7. The molecule has 5 heteroatoms. The molecule has 0 aromatic heterocycles. The number of rotatable bonds is 3. The van der Waals surface area contributed by atoms with Crippen LogP contribution < -0.4 is 18.9 Å². The van der Waals surface area contributed by atoms with Gasteiger partial charge in [-0.05, 0) is 13.3 Å². The van der Waals surface area contributed by atoms with Crippen LogP contribution in [-0.2, 0) is 6.42 Å². The Morgan fingerprint density at radius 1 is 1.00 bits per heavy atom. The highest BCUT2D eigenvalue weighted by molar-refractivity contribution is 6.17. The van der Waals surface area contributed by atoms with Crippen molar-refractivity contribution >= 4 is 5.71 Å². The van der Waals surface area contributed by atoms with E-state index in [1.165, 1.54) is 0 Å². The summed E-state index contributed by atoms with van der Waals surface area (Å²) in [5.41, 5.74) is 3.94. The van der Waals surface area contributed by atoms with Gasteiger partial charge in [-0.3, -0.25) is 4.99 Å². The largest absolute Gasteiger partial charge is 0.492 e. The SMILES string of the molecule is COc1c2c(c(OC)c3c1OCO3)C(c1ccccc1)=NC(C)C2. The topological polar surface area (TPSA) is 49.3 Å². The Morgan fingerprint density at radius 2 is 1.67 bits per heavy atom. The summed E-state index contributed by atoms with van der Waals surface area (Å²) in [6.45, 7) is 2.26. The lowest BCUT2D eigenvalue weighted by atomic mass is 9.88. The van der Waals surface area contributed by atoms with Crippen LogP contribution in [0.2, 0.25) is 0 Å². The Bertz CT molecular complexity index is 814. The lowest BCUT2D eigenvalue weighted by molar-refractivity contribution is 0.168. The Morgan fingerprint density at radius 3 is 2.33 bits per heavy atom. The van der Waals surface area contributed by atoms with Crippen molar-refractivity contribution in [3.8, 4) is 23.0 Å². The second kappa shape index (κ2) is 5.74. The number of nitrogens with zero attached hydrogens (tertiary/aromatic N) is 1. The Labute approximate surface area is 140 Å². The highest BCUT2D eigenvalue weighted by Gasteiger charge is 2.35. The van der Waals surface area contributed by atoms with Crippen LogP contribution in [0.5, 0.6) is 23.0 Å². The summed E-state index contributed by atoms with van der Waals surface area (Å²) in [7, 11) is 3.30. The maximum atomic E-state index is 5.70. The zero-order valence-electron chi connectivity index (χ0n) is 14.0. The summed E-state index contributed by atoms with van der Waals surface area (Å²) in [5.74, 6) is 2.59. The van der Waals surface area contributed by atoms with Crippen LogP contribution >= 0.6 is 0 Å². The average molecular weight is 325 g/mol. The third-order valence-electron chi connectivity index (χ3n) is 4.37. The average Bonchev–Trinajstić information content (AvgIpc) is 3.09. The molecule has 2 aliphatic rings. The molecular weight excluding hydrogens is 306 g/mol. The molecule has 2 heterocycles. The first-order valence-electron chi connectivity index (χ1n) is 7.94. The second-order valence-electron chi connectivity index (χ2n) is 5.88. The van der Waals surface area contributed by atoms with Gasteiger partial charge in [0.1, 0.15) is 0 Å². The van der Waals surface area contributed by atoms with Gasteiger partial charge < -0.3 is 18.9 Å². The summed E-state index contributed by atoms with van der Waals surface area (Å²) in [4.78, 5) is 4.89. The van der Waals surface area contributed by atoms with Crippen LogP contribution in [0.4, 0.5) is 0 Å². The molecule has 5 nitrogen and oxygen atoms in total. The van der Waals surface area contributed by atoms with Gasteiger partial charge in [0.2, 0.25) is 18.3 Å². The molecule has 2 aliphatic heterocycles. The lowest BCUT2D eigenvalue weighted by Crippen LogP contribution is -2.21. The lowest BCUT2D eigenvalue weighted by Gasteiger charge is -2.26. The first-order chi connectivity index (χ1) is 11.7. The summed E-state index contributed by atoms with van der Waals surface area (Å²) in [6.07, 6.45) is 0.766. The van der Waals surface area contributed by atoms with Gasteiger partial charge in [-0.25, -0.2) is 0 Å². The Balaban J connectivity index is 2.04. The number of fused-ring (bicyclic) bond motifs is 2. The molecule has 0 amide bonds. The Hall–Kier alpha value is -2.69. The fourth-order valence-electron chi connectivity index (χ4n) is 3.41. The van der Waals surface area contributed by atoms with Crippen LogP contribution in [-0.4, -0.2) is 32.8 Å². The van der Waals surface area contributed by atoms with Crippen LogP contribution in [0, 0.1) is 0 Å². The van der Waals surface area contributed by atoms with Gasteiger partial charge >= 0.3 is 0 Å².